The molecule has 0 bridgehead atoms. The Morgan fingerprint density at radius 1 is 0.575 bits per heavy atom. The first-order valence-electron chi connectivity index (χ1n) is 14.6. The molecular formula is C36H44O4. The third kappa shape index (κ3) is 10.7. The fraction of sp³-hybridized carbons (Fsp3) is 0.444. The van der Waals surface area contributed by atoms with Crippen LogP contribution >= 0.6 is 0 Å². The molecule has 0 fully saturated rings. The predicted molar refractivity (Wildman–Crippen MR) is 166 cm³/mol. The molecule has 0 aromatic heterocycles. The molecule has 212 valence electrons. The maximum Gasteiger partial charge on any atom is 0.136 e. The fourth-order valence-electron chi connectivity index (χ4n) is 3.63. The van der Waals surface area contributed by atoms with Crippen LogP contribution in [0.25, 0.3) is 6.08 Å². The van der Waals surface area contributed by atoms with Gasteiger partial charge in [0.25, 0.3) is 0 Å². The van der Waals surface area contributed by atoms with Gasteiger partial charge in [-0.2, -0.15) is 0 Å². The standard InChI is InChI=1S/C36H44O4/c1-7-13-21-37-33-27-31(35(25-29(33)11-5)39-23-15-9-3)19-17-18-20-32-28-34(38-22-14-8-2)30(12-6)26-36(32)40-24-16-10-4/h5-6,17,19,25-28H,7-10,13-16,21-24H2,1-4H3/b19-17+. The Kier molecular flexibility index (Phi) is 15.5. The number of rotatable bonds is 17. The minimum Gasteiger partial charge on any atom is -0.493 e. The van der Waals surface area contributed by atoms with Crippen LogP contribution in [0.3, 0.4) is 0 Å². The normalized spacial score (nSPS) is 10.3. The molecule has 4 nitrogen and oxygen atoms in total. The van der Waals surface area contributed by atoms with Crippen LogP contribution in [-0.4, -0.2) is 26.4 Å². The lowest BCUT2D eigenvalue weighted by Gasteiger charge is -2.14. The van der Waals surface area contributed by atoms with Gasteiger partial charge in [-0.3, -0.25) is 0 Å². The lowest BCUT2D eigenvalue weighted by molar-refractivity contribution is 0.299. The summed E-state index contributed by atoms with van der Waals surface area (Å²) in [5.41, 5.74) is 2.95. The summed E-state index contributed by atoms with van der Waals surface area (Å²) in [6.07, 6.45) is 23.3. The van der Waals surface area contributed by atoms with Gasteiger partial charge in [-0.1, -0.05) is 77.1 Å². The largest absolute Gasteiger partial charge is 0.493 e. The minimum atomic E-state index is 0.599. The topological polar surface area (TPSA) is 36.9 Å². The molecule has 0 saturated carbocycles. The summed E-state index contributed by atoms with van der Waals surface area (Å²) in [7, 11) is 0. The van der Waals surface area contributed by atoms with Crippen LogP contribution in [0.4, 0.5) is 0 Å². The van der Waals surface area contributed by atoms with Gasteiger partial charge in [0.05, 0.1) is 43.1 Å². The molecule has 0 amide bonds. The van der Waals surface area contributed by atoms with Crippen molar-refractivity contribution in [2.24, 2.45) is 0 Å². The molecule has 0 heterocycles. The lowest BCUT2D eigenvalue weighted by atomic mass is 10.1. The van der Waals surface area contributed by atoms with E-state index in [1.54, 1.807) is 6.08 Å². The zero-order valence-corrected chi connectivity index (χ0v) is 24.7. The highest BCUT2D eigenvalue weighted by atomic mass is 16.5. The number of terminal acetylenes is 2. The van der Waals surface area contributed by atoms with Crippen molar-refractivity contribution in [3.63, 3.8) is 0 Å². The third-order valence-electron chi connectivity index (χ3n) is 6.08. The van der Waals surface area contributed by atoms with Crippen molar-refractivity contribution in [2.45, 2.75) is 79.1 Å². The van der Waals surface area contributed by atoms with E-state index in [-0.39, 0.29) is 0 Å². The minimum absolute atomic E-state index is 0.599. The van der Waals surface area contributed by atoms with Gasteiger partial charge in [0.2, 0.25) is 0 Å². The Bertz CT molecular complexity index is 1230. The van der Waals surface area contributed by atoms with Crippen LogP contribution in [0.2, 0.25) is 0 Å². The van der Waals surface area contributed by atoms with Crippen molar-refractivity contribution < 1.29 is 18.9 Å². The zero-order valence-electron chi connectivity index (χ0n) is 24.7. The van der Waals surface area contributed by atoms with Gasteiger partial charge in [-0.25, -0.2) is 0 Å². The molecule has 2 aromatic rings. The Hall–Kier alpha value is -3.94. The highest BCUT2D eigenvalue weighted by Gasteiger charge is 2.12. The van der Waals surface area contributed by atoms with Crippen molar-refractivity contribution in [3.8, 4) is 59.5 Å². The number of benzene rings is 2. The molecule has 2 rings (SSSR count). The molecule has 0 N–H and O–H groups in total. The van der Waals surface area contributed by atoms with E-state index in [2.05, 4.69) is 51.4 Å². The predicted octanol–water partition coefficient (Wildman–Crippen LogP) is 8.43. The molecule has 0 unspecified atom stereocenters. The summed E-state index contributed by atoms with van der Waals surface area (Å²) in [5, 5.41) is 0. The smallest absolute Gasteiger partial charge is 0.136 e. The van der Waals surface area contributed by atoms with Gasteiger partial charge < -0.3 is 18.9 Å². The van der Waals surface area contributed by atoms with Crippen molar-refractivity contribution in [1.29, 1.82) is 0 Å². The lowest BCUT2D eigenvalue weighted by Crippen LogP contribution is -2.03. The fourth-order valence-corrected chi connectivity index (χ4v) is 3.63. The van der Waals surface area contributed by atoms with Crippen LogP contribution in [0, 0.1) is 36.5 Å². The number of allylic oxidation sites excluding steroid dienone is 1. The van der Waals surface area contributed by atoms with E-state index in [0.29, 0.717) is 54.8 Å². The van der Waals surface area contributed by atoms with Crippen molar-refractivity contribution in [3.05, 3.63) is 52.6 Å². The van der Waals surface area contributed by atoms with E-state index in [9.17, 15) is 0 Å². The molecule has 40 heavy (non-hydrogen) atoms. The van der Waals surface area contributed by atoms with Gasteiger partial charge in [0.1, 0.15) is 23.0 Å². The van der Waals surface area contributed by atoms with E-state index in [1.165, 1.54) is 0 Å². The summed E-state index contributed by atoms with van der Waals surface area (Å²) in [6.45, 7) is 10.9. The first kappa shape index (κ1) is 32.3. The van der Waals surface area contributed by atoms with E-state index in [1.807, 2.05) is 30.3 Å². The maximum atomic E-state index is 6.07. The van der Waals surface area contributed by atoms with Crippen molar-refractivity contribution in [1.82, 2.24) is 0 Å². The first-order chi connectivity index (χ1) is 19.6. The Morgan fingerprint density at radius 3 is 1.45 bits per heavy atom. The summed E-state index contributed by atoms with van der Waals surface area (Å²) in [6, 6.07) is 7.55. The number of ether oxygens (including phenoxy) is 4. The van der Waals surface area contributed by atoms with Crippen LogP contribution in [0.1, 0.15) is 101 Å². The van der Waals surface area contributed by atoms with Crippen molar-refractivity contribution in [2.75, 3.05) is 26.4 Å². The number of hydrogen-bond donors (Lipinski definition) is 0. The van der Waals surface area contributed by atoms with Gasteiger partial charge >= 0.3 is 0 Å². The molecule has 0 radical (unpaired) electrons. The monoisotopic (exact) mass is 540 g/mol. The summed E-state index contributed by atoms with van der Waals surface area (Å²) in [4.78, 5) is 0. The molecule has 0 spiro atoms. The van der Waals surface area contributed by atoms with Crippen LogP contribution < -0.4 is 18.9 Å². The zero-order chi connectivity index (χ0) is 29.0. The highest BCUT2D eigenvalue weighted by molar-refractivity contribution is 5.66. The van der Waals surface area contributed by atoms with Crippen LogP contribution in [0.5, 0.6) is 23.0 Å². The SMILES string of the molecule is C#Cc1cc(OCCCC)c(C#C/C=C/c2cc(OCCCC)c(C#C)cc2OCCCC)cc1OCCCC. The third-order valence-corrected chi connectivity index (χ3v) is 6.08. The quantitative estimate of drug-likeness (QED) is 0.149. The number of hydrogen-bond acceptors (Lipinski definition) is 4. The van der Waals surface area contributed by atoms with E-state index < -0.39 is 0 Å². The average molecular weight is 541 g/mol. The average Bonchev–Trinajstić information content (AvgIpc) is 2.97. The molecule has 0 saturated heterocycles. The summed E-state index contributed by atoms with van der Waals surface area (Å²) < 4.78 is 24.1. The van der Waals surface area contributed by atoms with Gasteiger partial charge in [0.15, 0.2) is 0 Å². The molecule has 0 aliphatic carbocycles. The highest BCUT2D eigenvalue weighted by Crippen LogP contribution is 2.31. The molecule has 0 aliphatic heterocycles. The second-order valence-corrected chi connectivity index (χ2v) is 9.43. The molecular weight excluding hydrogens is 496 g/mol. The van der Waals surface area contributed by atoms with E-state index in [0.717, 1.165) is 68.2 Å². The maximum absolute atomic E-state index is 6.07. The van der Waals surface area contributed by atoms with Crippen molar-refractivity contribution >= 4 is 6.08 Å². The Balaban J connectivity index is 2.42. The number of unbranched alkanes of at least 4 members (excludes halogenated alkanes) is 4. The molecule has 0 atom stereocenters. The van der Waals surface area contributed by atoms with Crippen LogP contribution in [0.15, 0.2) is 30.3 Å². The van der Waals surface area contributed by atoms with E-state index in [4.69, 9.17) is 31.8 Å². The summed E-state index contributed by atoms with van der Waals surface area (Å²) >= 11 is 0. The van der Waals surface area contributed by atoms with Gasteiger partial charge in [-0.05, 0) is 43.9 Å². The molecule has 2 aromatic carbocycles. The molecule has 0 aliphatic rings. The van der Waals surface area contributed by atoms with Gasteiger partial charge in [0, 0.05) is 23.8 Å². The first-order valence-corrected chi connectivity index (χ1v) is 14.6. The van der Waals surface area contributed by atoms with Crippen LogP contribution in [-0.2, 0) is 0 Å². The Morgan fingerprint density at radius 2 is 0.975 bits per heavy atom. The summed E-state index contributed by atoms with van der Waals surface area (Å²) in [5.74, 6) is 14.5. The van der Waals surface area contributed by atoms with Gasteiger partial charge in [-0.15, -0.1) is 12.8 Å². The van der Waals surface area contributed by atoms with E-state index >= 15 is 0 Å². The Labute approximate surface area is 242 Å². The second kappa shape index (κ2) is 19.2. The second-order valence-electron chi connectivity index (χ2n) is 9.43. The molecule has 4 heteroatoms.